The molecule has 2 atom stereocenters. The van der Waals surface area contributed by atoms with Crippen molar-refractivity contribution >= 4 is 11.8 Å². The Morgan fingerprint density at radius 1 is 1.24 bits per heavy atom. The number of nitrogens with one attached hydrogen (secondary N) is 1. The minimum Gasteiger partial charge on any atom is -0.309 e. The van der Waals surface area contributed by atoms with E-state index in [2.05, 4.69) is 68.9 Å². The van der Waals surface area contributed by atoms with Crippen LogP contribution < -0.4 is 5.32 Å². The molecule has 0 aliphatic carbocycles. The highest BCUT2D eigenvalue weighted by Crippen LogP contribution is 2.30. The molecule has 1 aliphatic rings. The molecule has 1 heterocycles. The van der Waals surface area contributed by atoms with E-state index in [1.807, 2.05) is 0 Å². The summed E-state index contributed by atoms with van der Waals surface area (Å²) in [6.07, 6.45) is 1.18. The zero-order valence-corrected chi connectivity index (χ0v) is 15.0. The number of thioether (sulfide) groups is 1. The van der Waals surface area contributed by atoms with Gasteiger partial charge in [0.1, 0.15) is 0 Å². The molecule has 118 valence electrons. The van der Waals surface area contributed by atoms with Crippen LogP contribution in [0.2, 0.25) is 0 Å². The predicted molar refractivity (Wildman–Crippen MR) is 95.4 cm³/mol. The summed E-state index contributed by atoms with van der Waals surface area (Å²) >= 11 is 2.09. The first-order valence-corrected chi connectivity index (χ1v) is 9.29. The van der Waals surface area contributed by atoms with Crippen LogP contribution in [0.5, 0.6) is 0 Å². The van der Waals surface area contributed by atoms with Crippen molar-refractivity contribution in [3.8, 4) is 0 Å². The number of benzene rings is 1. The molecule has 1 N–H and O–H groups in total. The smallest absolute Gasteiger partial charge is 0.0488 e. The van der Waals surface area contributed by atoms with Gasteiger partial charge in [-0.25, -0.2) is 0 Å². The molecule has 3 heteroatoms. The molecule has 1 aromatic rings. The normalized spacial score (nSPS) is 21.5. The van der Waals surface area contributed by atoms with Crippen LogP contribution in [0.1, 0.15) is 41.6 Å². The molecule has 1 aliphatic heterocycles. The summed E-state index contributed by atoms with van der Waals surface area (Å²) < 4.78 is 0. The standard InChI is InChI=1S/C18H30N2S/c1-6-7-19-18(17-12-21-9-8-20(17)5)16-11-14(3)13(2)10-15(16)4/h10-11,17-19H,6-9,12H2,1-5H3. The third-order valence-corrected chi connectivity index (χ3v) is 5.71. The molecule has 2 nitrogen and oxygen atoms in total. The number of hydrogen-bond donors (Lipinski definition) is 1. The fraction of sp³-hybridized carbons (Fsp3) is 0.667. The van der Waals surface area contributed by atoms with Crippen LogP contribution in [0.25, 0.3) is 0 Å². The number of aryl methyl sites for hydroxylation is 3. The minimum atomic E-state index is 0.446. The molecule has 0 radical (unpaired) electrons. The lowest BCUT2D eigenvalue weighted by Gasteiger charge is -2.39. The average Bonchev–Trinajstić information content (AvgIpc) is 2.46. The molecular formula is C18H30N2S. The maximum Gasteiger partial charge on any atom is 0.0488 e. The lowest BCUT2D eigenvalue weighted by Crippen LogP contribution is -2.48. The molecule has 1 aromatic carbocycles. The Morgan fingerprint density at radius 2 is 1.95 bits per heavy atom. The highest BCUT2D eigenvalue weighted by molar-refractivity contribution is 7.99. The van der Waals surface area contributed by atoms with E-state index in [0.29, 0.717) is 12.1 Å². The van der Waals surface area contributed by atoms with Crippen molar-refractivity contribution in [1.82, 2.24) is 10.2 Å². The van der Waals surface area contributed by atoms with Crippen LogP contribution in [0.15, 0.2) is 12.1 Å². The van der Waals surface area contributed by atoms with Crippen molar-refractivity contribution in [1.29, 1.82) is 0 Å². The van der Waals surface area contributed by atoms with E-state index in [4.69, 9.17) is 0 Å². The number of nitrogens with zero attached hydrogens (tertiary/aromatic N) is 1. The van der Waals surface area contributed by atoms with Gasteiger partial charge < -0.3 is 5.32 Å². The number of rotatable bonds is 5. The van der Waals surface area contributed by atoms with Crippen molar-refractivity contribution in [3.63, 3.8) is 0 Å². The van der Waals surface area contributed by atoms with Gasteiger partial charge in [-0.05, 0) is 63.0 Å². The van der Waals surface area contributed by atoms with Crippen molar-refractivity contribution < 1.29 is 0 Å². The number of hydrogen-bond acceptors (Lipinski definition) is 3. The molecule has 2 unspecified atom stereocenters. The fourth-order valence-electron chi connectivity index (χ4n) is 3.13. The van der Waals surface area contributed by atoms with Gasteiger partial charge >= 0.3 is 0 Å². The summed E-state index contributed by atoms with van der Waals surface area (Å²) in [6, 6.07) is 5.80. The quantitative estimate of drug-likeness (QED) is 0.893. The predicted octanol–water partition coefficient (Wildman–Crippen LogP) is 3.70. The topological polar surface area (TPSA) is 15.3 Å². The van der Waals surface area contributed by atoms with E-state index < -0.39 is 0 Å². The Labute approximate surface area is 134 Å². The second-order valence-electron chi connectivity index (χ2n) is 6.35. The monoisotopic (exact) mass is 306 g/mol. The zero-order chi connectivity index (χ0) is 15.4. The van der Waals surface area contributed by atoms with E-state index >= 15 is 0 Å². The average molecular weight is 307 g/mol. The minimum absolute atomic E-state index is 0.446. The van der Waals surface area contributed by atoms with Crippen LogP contribution in [0.3, 0.4) is 0 Å². The molecule has 2 rings (SSSR count). The Kier molecular flexibility index (Phi) is 6.15. The Morgan fingerprint density at radius 3 is 2.62 bits per heavy atom. The largest absolute Gasteiger partial charge is 0.309 e. The third-order valence-electron chi connectivity index (χ3n) is 4.66. The Hall–Kier alpha value is -0.510. The number of likely N-dealkylation sites (N-methyl/N-ethyl adjacent to an activating group) is 1. The molecule has 0 bridgehead atoms. The van der Waals surface area contributed by atoms with E-state index in [1.165, 1.54) is 46.7 Å². The highest BCUT2D eigenvalue weighted by Gasteiger charge is 2.29. The van der Waals surface area contributed by atoms with Gasteiger partial charge in [-0.2, -0.15) is 11.8 Å². The lowest BCUT2D eigenvalue weighted by atomic mass is 9.91. The van der Waals surface area contributed by atoms with Gasteiger partial charge in [-0.3, -0.25) is 4.90 Å². The van der Waals surface area contributed by atoms with Crippen molar-refractivity contribution in [2.45, 2.75) is 46.2 Å². The summed E-state index contributed by atoms with van der Waals surface area (Å²) in [4.78, 5) is 2.54. The van der Waals surface area contributed by atoms with Gasteiger partial charge in [0.15, 0.2) is 0 Å². The van der Waals surface area contributed by atoms with E-state index in [9.17, 15) is 0 Å². The molecule has 0 spiro atoms. The van der Waals surface area contributed by atoms with Crippen LogP contribution in [-0.4, -0.2) is 42.6 Å². The van der Waals surface area contributed by atoms with Gasteiger partial charge in [0.05, 0.1) is 0 Å². The fourth-order valence-corrected chi connectivity index (χ4v) is 4.40. The van der Waals surface area contributed by atoms with E-state index in [-0.39, 0.29) is 0 Å². The summed E-state index contributed by atoms with van der Waals surface area (Å²) in [7, 11) is 2.28. The molecular weight excluding hydrogens is 276 g/mol. The first-order valence-electron chi connectivity index (χ1n) is 8.13. The van der Waals surface area contributed by atoms with Crippen LogP contribution >= 0.6 is 11.8 Å². The summed E-state index contributed by atoms with van der Waals surface area (Å²) in [5.74, 6) is 2.49. The van der Waals surface area contributed by atoms with Gasteiger partial charge in [-0.1, -0.05) is 19.1 Å². The second-order valence-corrected chi connectivity index (χ2v) is 7.50. The third kappa shape index (κ3) is 4.02. The zero-order valence-electron chi connectivity index (χ0n) is 14.2. The van der Waals surface area contributed by atoms with E-state index in [1.54, 1.807) is 0 Å². The van der Waals surface area contributed by atoms with Gasteiger partial charge in [0, 0.05) is 30.1 Å². The van der Waals surface area contributed by atoms with Crippen LogP contribution in [0.4, 0.5) is 0 Å². The molecule has 0 saturated carbocycles. The molecule has 0 aromatic heterocycles. The maximum absolute atomic E-state index is 3.82. The summed E-state index contributed by atoms with van der Waals surface area (Å²) in [5.41, 5.74) is 5.73. The maximum atomic E-state index is 3.82. The Bertz CT molecular complexity index is 473. The van der Waals surface area contributed by atoms with Gasteiger partial charge in [-0.15, -0.1) is 0 Å². The first kappa shape index (κ1) is 16.9. The van der Waals surface area contributed by atoms with E-state index in [0.717, 1.165) is 6.54 Å². The molecule has 0 amide bonds. The first-order chi connectivity index (χ1) is 10.0. The highest BCUT2D eigenvalue weighted by atomic mass is 32.2. The molecule has 1 saturated heterocycles. The lowest BCUT2D eigenvalue weighted by molar-refractivity contribution is 0.215. The Balaban J connectivity index is 2.32. The van der Waals surface area contributed by atoms with Crippen LogP contribution in [0, 0.1) is 20.8 Å². The summed E-state index contributed by atoms with van der Waals surface area (Å²) in [5, 5.41) is 3.82. The van der Waals surface area contributed by atoms with Gasteiger partial charge in [0.2, 0.25) is 0 Å². The summed E-state index contributed by atoms with van der Waals surface area (Å²) in [6.45, 7) is 11.2. The van der Waals surface area contributed by atoms with Crippen LogP contribution in [-0.2, 0) is 0 Å². The molecule has 1 fully saturated rings. The second kappa shape index (κ2) is 7.66. The van der Waals surface area contributed by atoms with Crippen molar-refractivity contribution in [2.24, 2.45) is 0 Å². The van der Waals surface area contributed by atoms with Gasteiger partial charge in [0.25, 0.3) is 0 Å². The molecule has 21 heavy (non-hydrogen) atoms. The van der Waals surface area contributed by atoms with Crippen molar-refractivity contribution in [3.05, 3.63) is 34.4 Å². The SMILES string of the molecule is CCCNC(c1cc(C)c(C)cc1C)C1CSCCN1C. The van der Waals surface area contributed by atoms with Crippen molar-refractivity contribution in [2.75, 3.05) is 31.6 Å².